The third kappa shape index (κ3) is 4.07. The van der Waals surface area contributed by atoms with Crippen molar-refractivity contribution in [1.29, 1.82) is 0 Å². The van der Waals surface area contributed by atoms with Crippen LogP contribution in [-0.2, 0) is 16.0 Å². The zero-order chi connectivity index (χ0) is 20.3. The van der Waals surface area contributed by atoms with Crippen LogP contribution in [0.1, 0.15) is 38.2 Å². The Morgan fingerprint density at radius 3 is 2.52 bits per heavy atom. The summed E-state index contributed by atoms with van der Waals surface area (Å²) in [7, 11) is 0. The third-order valence-corrected chi connectivity index (χ3v) is 6.52. The van der Waals surface area contributed by atoms with Crippen LogP contribution < -0.4 is 5.32 Å². The minimum atomic E-state index is -0.537. The number of amides is 2. The maximum atomic E-state index is 13.1. The van der Waals surface area contributed by atoms with E-state index >= 15 is 0 Å². The van der Waals surface area contributed by atoms with Crippen LogP contribution in [0.25, 0.3) is 11.1 Å². The average Bonchev–Trinajstić information content (AvgIpc) is 3.13. The molecular weight excluding hydrogens is 360 g/mol. The summed E-state index contributed by atoms with van der Waals surface area (Å²) < 4.78 is 0. The van der Waals surface area contributed by atoms with E-state index in [1.165, 1.54) is 5.56 Å². The molecule has 1 aliphatic carbocycles. The average molecular weight is 391 g/mol. The van der Waals surface area contributed by atoms with Gasteiger partial charge in [-0.05, 0) is 49.3 Å². The van der Waals surface area contributed by atoms with Crippen molar-refractivity contribution >= 4 is 11.8 Å². The molecule has 1 N–H and O–H groups in total. The second kappa shape index (κ2) is 8.40. The van der Waals surface area contributed by atoms with Gasteiger partial charge in [-0.2, -0.15) is 0 Å². The van der Waals surface area contributed by atoms with Gasteiger partial charge in [0.2, 0.25) is 11.8 Å². The summed E-state index contributed by atoms with van der Waals surface area (Å²) in [5, 5.41) is 3.03. The van der Waals surface area contributed by atoms with E-state index in [4.69, 9.17) is 0 Å². The van der Waals surface area contributed by atoms with E-state index in [1.807, 2.05) is 30.0 Å². The molecule has 2 amide bonds. The third-order valence-electron chi connectivity index (χ3n) is 6.52. The normalized spacial score (nSPS) is 21.6. The monoisotopic (exact) mass is 390 g/mol. The van der Waals surface area contributed by atoms with Gasteiger partial charge in [0.15, 0.2) is 0 Å². The molecule has 2 aromatic carbocycles. The first-order chi connectivity index (χ1) is 14.1. The molecule has 0 aromatic heterocycles. The van der Waals surface area contributed by atoms with E-state index in [-0.39, 0.29) is 17.7 Å². The van der Waals surface area contributed by atoms with Gasteiger partial charge in [-0.1, -0.05) is 61.0 Å². The maximum Gasteiger partial charge on any atom is 0.228 e. The van der Waals surface area contributed by atoms with Crippen molar-refractivity contribution in [3.63, 3.8) is 0 Å². The van der Waals surface area contributed by atoms with Crippen LogP contribution in [0.2, 0.25) is 0 Å². The number of hydrogen-bond donors (Lipinski definition) is 1. The highest BCUT2D eigenvalue weighted by atomic mass is 16.2. The molecule has 4 heteroatoms. The van der Waals surface area contributed by atoms with Gasteiger partial charge in [0.1, 0.15) is 0 Å². The van der Waals surface area contributed by atoms with Crippen LogP contribution in [0.15, 0.2) is 54.6 Å². The van der Waals surface area contributed by atoms with Crippen molar-refractivity contribution in [1.82, 2.24) is 10.2 Å². The van der Waals surface area contributed by atoms with Gasteiger partial charge < -0.3 is 10.2 Å². The first-order valence-electron chi connectivity index (χ1n) is 10.8. The van der Waals surface area contributed by atoms with E-state index in [0.717, 1.165) is 36.8 Å². The molecule has 0 radical (unpaired) electrons. The van der Waals surface area contributed by atoms with E-state index in [2.05, 4.69) is 41.7 Å². The van der Waals surface area contributed by atoms with Crippen molar-refractivity contribution in [3.05, 3.63) is 60.2 Å². The Kier molecular flexibility index (Phi) is 5.70. The van der Waals surface area contributed by atoms with E-state index in [9.17, 15) is 9.59 Å². The molecule has 0 bridgehead atoms. The quantitative estimate of drug-likeness (QED) is 0.809. The fourth-order valence-corrected chi connectivity index (χ4v) is 4.61. The smallest absolute Gasteiger partial charge is 0.228 e. The Morgan fingerprint density at radius 2 is 1.83 bits per heavy atom. The molecule has 1 saturated heterocycles. The van der Waals surface area contributed by atoms with Crippen LogP contribution in [0, 0.1) is 11.3 Å². The number of likely N-dealkylation sites (tertiary alicyclic amines) is 1. The summed E-state index contributed by atoms with van der Waals surface area (Å²) >= 11 is 0. The Labute approximate surface area is 173 Å². The summed E-state index contributed by atoms with van der Waals surface area (Å²) in [6.45, 7) is 3.78. The summed E-state index contributed by atoms with van der Waals surface area (Å²) in [5.74, 6) is 0.510. The molecule has 152 valence electrons. The molecule has 0 unspecified atom stereocenters. The van der Waals surface area contributed by atoms with Crippen molar-refractivity contribution in [2.45, 2.75) is 39.0 Å². The molecule has 1 heterocycles. The van der Waals surface area contributed by atoms with Gasteiger partial charge in [-0.25, -0.2) is 0 Å². The Bertz CT molecular complexity index is 875. The maximum absolute atomic E-state index is 13.1. The summed E-state index contributed by atoms with van der Waals surface area (Å²) in [6.07, 6.45) is 4.55. The molecule has 0 spiro atoms. The zero-order valence-corrected chi connectivity index (χ0v) is 17.2. The van der Waals surface area contributed by atoms with Gasteiger partial charge in [0, 0.05) is 25.6 Å². The highest BCUT2D eigenvalue weighted by Crippen LogP contribution is 2.38. The lowest BCUT2D eigenvalue weighted by Gasteiger charge is -2.32. The second-order valence-corrected chi connectivity index (χ2v) is 8.52. The van der Waals surface area contributed by atoms with Gasteiger partial charge in [-0.15, -0.1) is 0 Å². The molecule has 2 aromatic rings. The van der Waals surface area contributed by atoms with Crippen LogP contribution in [0.5, 0.6) is 0 Å². The van der Waals surface area contributed by atoms with E-state index in [1.54, 1.807) is 0 Å². The molecule has 4 nitrogen and oxygen atoms in total. The highest BCUT2D eigenvalue weighted by Gasteiger charge is 2.47. The number of carbonyl (C=O) groups excluding carboxylic acids is 2. The molecule has 2 fully saturated rings. The SMILES string of the molecule is CCNC(=O)[C@@]1(Cc2cccc(-c3ccccc3)c2)CCN(C(=O)C2CCC2)C1. The minimum Gasteiger partial charge on any atom is -0.356 e. The molecular formula is C25H30N2O2. The van der Waals surface area contributed by atoms with Crippen LogP contribution in [0.3, 0.4) is 0 Å². The van der Waals surface area contributed by atoms with E-state index < -0.39 is 5.41 Å². The van der Waals surface area contributed by atoms with Gasteiger partial charge >= 0.3 is 0 Å². The topological polar surface area (TPSA) is 49.4 Å². The summed E-state index contributed by atoms with van der Waals surface area (Å²) in [5.41, 5.74) is 2.95. The predicted molar refractivity (Wildman–Crippen MR) is 115 cm³/mol. The largest absolute Gasteiger partial charge is 0.356 e. The number of rotatable bonds is 6. The second-order valence-electron chi connectivity index (χ2n) is 8.52. The van der Waals surface area contributed by atoms with Crippen molar-refractivity contribution in [2.24, 2.45) is 11.3 Å². The molecule has 2 aliphatic rings. The Balaban J connectivity index is 1.57. The standard InChI is InChI=1S/C25H30N2O2/c1-2-26-24(29)25(14-15-27(18-25)23(28)21-11-7-12-21)17-19-8-6-13-22(16-19)20-9-4-3-5-10-20/h3-6,8-10,13,16,21H,2,7,11-12,14-15,17-18H2,1H3,(H,26,29)/t25-/m1/s1. The Hall–Kier alpha value is -2.62. The minimum absolute atomic E-state index is 0.0778. The number of nitrogens with zero attached hydrogens (tertiary/aromatic N) is 1. The fourth-order valence-electron chi connectivity index (χ4n) is 4.61. The lowest BCUT2D eigenvalue weighted by Crippen LogP contribution is -2.46. The predicted octanol–water partition coefficient (Wildman–Crippen LogP) is 4.05. The van der Waals surface area contributed by atoms with Crippen molar-refractivity contribution in [2.75, 3.05) is 19.6 Å². The fraction of sp³-hybridized carbons (Fsp3) is 0.440. The molecule has 29 heavy (non-hydrogen) atoms. The van der Waals surface area contributed by atoms with E-state index in [0.29, 0.717) is 26.1 Å². The van der Waals surface area contributed by atoms with Crippen molar-refractivity contribution in [3.8, 4) is 11.1 Å². The first kappa shape index (κ1) is 19.7. The molecule has 4 rings (SSSR count). The number of hydrogen-bond acceptors (Lipinski definition) is 2. The summed E-state index contributed by atoms with van der Waals surface area (Å²) in [4.78, 5) is 27.8. The van der Waals surface area contributed by atoms with Crippen LogP contribution in [-0.4, -0.2) is 36.3 Å². The lowest BCUT2D eigenvalue weighted by molar-refractivity contribution is -0.138. The molecule has 1 aliphatic heterocycles. The first-order valence-corrected chi connectivity index (χ1v) is 10.8. The van der Waals surface area contributed by atoms with Gasteiger partial charge in [0.25, 0.3) is 0 Å². The van der Waals surface area contributed by atoms with Crippen LogP contribution >= 0.6 is 0 Å². The van der Waals surface area contributed by atoms with Crippen LogP contribution in [0.4, 0.5) is 0 Å². The molecule has 1 saturated carbocycles. The van der Waals surface area contributed by atoms with Gasteiger partial charge in [0.05, 0.1) is 5.41 Å². The molecule has 1 atom stereocenters. The summed E-state index contributed by atoms with van der Waals surface area (Å²) in [6, 6.07) is 18.8. The number of nitrogens with one attached hydrogen (secondary N) is 1. The lowest BCUT2D eigenvalue weighted by atomic mass is 9.79. The number of benzene rings is 2. The number of carbonyl (C=O) groups is 2. The highest BCUT2D eigenvalue weighted by molar-refractivity contribution is 5.86. The zero-order valence-electron chi connectivity index (χ0n) is 17.2. The Morgan fingerprint density at radius 1 is 1.07 bits per heavy atom. The van der Waals surface area contributed by atoms with Gasteiger partial charge in [-0.3, -0.25) is 9.59 Å². The van der Waals surface area contributed by atoms with Crippen molar-refractivity contribution < 1.29 is 9.59 Å².